The van der Waals surface area contributed by atoms with Gasteiger partial charge in [-0.3, -0.25) is 9.59 Å². The molecule has 2 rings (SSSR count). The van der Waals surface area contributed by atoms with Crippen molar-refractivity contribution in [2.75, 3.05) is 19.4 Å². The molecule has 122 valence electrons. The number of nitrogens with zero attached hydrogens (tertiary/aromatic N) is 1. The Morgan fingerprint density at radius 1 is 1.27 bits per heavy atom. The minimum atomic E-state index is -0.0634. The molecule has 22 heavy (non-hydrogen) atoms. The lowest BCUT2D eigenvalue weighted by atomic mass is 10.0. The Labute approximate surface area is 137 Å². The molecule has 0 radical (unpaired) electrons. The van der Waals surface area contributed by atoms with Gasteiger partial charge in [0.2, 0.25) is 5.91 Å². The number of hydrogen-bond donors (Lipinski definition) is 2. The quantitative estimate of drug-likeness (QED) is 0.894. The molecule has 1 aromatic carbocycles. The van der Waals surface area contributed by atoms with Crippen LogP contribution < -0.4 is 11.1 Å². The van der Waals surface area contributed by atoms with Gasteiger partial charge in [0.05, 0.1) is 0 Å². The van der Waals surface area contributed by atoms with Gasteiger partial charge in [-0.25, -0.2) is 0 Å². The molecule has 0 spiro atoms. The summed E-state index contributed by atoms with van der Waals surface area (Å²) in [4.78, 5) is 25.8. The van der Waals surface area contributed by atoms with Crippen LogP contribution in [0.1, 0.15) is 35.2 Å². The van der Waals surface area contributed by atoms with E-state index in [4.69, 9.17) is 5.73 Å². The third kappa shape index (κ3) is 4.21. The minimum Gasteiger partial charge on any atom is -0.345 e. The molecule has 0 aliphatic heterocycles. The van der Waals surface area contributed by atoms with Gasteiger partial charge in [0.15, 0.2) is 0 Å². The Bertz CT molecular complexity index is 560. The summed E-state index contributed by atoms with van der Waals surface area (Å²) in [5.74, 6) is -0.0872. The second-order valence-corrected chi connectivity index (χ2v) is 5.99. The number of nitrogens with one attached hydrogen (secondary N) is 1. The van der Waals surface area contributed by atoms with Crippen molar-refractivity contribution in [1.29, 1.82) is 0 Å². The summed E-state index contributed by atoms with van der Waals surface area (Å²) in [5.41, 5.74) is 8.02. The molecule has 2 amide bonds. The number of benzene rings is 1. The largest absolute Gasteiger partial charge is 0.345 e. The van der Waals surface area contributed by atoms with E-state index in [0.29, 0.717) is 11.3 Å². The van der Waals surface area contributed by atoms with Gasteiger partial charge in [-0.05, 0) is 43.9 Å². The highest BCUT2D eigenvalue weighted by Gasteiger charge is 2.27. The maximum atomic E-state index is 12.2. The maximum Gasteiger partial charge on any atom is 0.253 e. The zero-order valence-corrected chi connectivity index (χ0v) is 14.1. The Hall–Kier alpha value is -1.59. The number of carbonyl (C=O) groups is 2. The summed E-state index contributed by atoms with van der Waals surface area (Å²) >= 11 is 0. The van der Waals surface area contributed by atoms with Crippen molar-refractivity contribution in [1.82, 2.24) is 4.90 Å². The number of rotatable bonds is 3. The van der Waals surface area contributed by atoms with E-state index < -0.39 is 0 Å². The smallest absolute Gasteiger partial charge is 0.253 e. The standard InChI is InChI=1S/C16H23N3O2.ClH/c1-10-4-7-13(9-14(10)16(21)19(2)3)18-15(20)11-5-6-12(17)8-11;/h4,7,9,11-12H,5-6,8,17H2,1-3H3,(H,18,20);1H. The maximum absolute atomic E-state index is 12.2. The topological polar surface area (TPSA) is 75.4 Å². The molecule has 5 nitrogen and oxygen atoms in total. The van der Waals surface area contributed by atoms with Gasteiger partial charge in [0, 0.05) is 37.3 Å². The lowest BCUT2D eigenvalue weighted by Gasteiger charge is -2.15. The van der Waals surface area contributed by atoms with Gasteiger partial charge in [0.25, 0.3) is 5.91 Å². The third-order valence-electron chi connectivity index (χ3n) is 3.99. The lowest BCUT2D eigenvalue weighted by Crippen LogP contribution is -2.24. The Morgan fingerprint density at radius 2 is 1.95 bits per heavy atom. The fraction of sp³-hybridized carbons (Fsp3) is 0.500. The first-order valence-corrected chi connectivity index (χ1v) is 7.27. The average Bonchev–Trinajstić information content (AvgIpc) is 2.86. The van der Waals surface area contributed by atoms with Crippen molar-refractivity contribution >= 4 is 29.9 Å². The van der Waals surface area contributed by atoms with Crippen LogP contribution in [0.25, 0.3) is 0 Å². The van der Waals surface area contributed by atoms with E-state index in [1.165, 1.54) is 4.90 Å². The first-order valence-electron chi connectivity index (χ1n) is 7.27. The highest BCUT2D eigenvalue weighted by Crippen LogP contribution is 2.26. The fourth-order valence-corrected chi connectivity index (χ4v) is 2.67. The molecule has 1 aliphatic rings. The zero-order valence-electron chi connectivity index (χ0n) is 13.3. The van der Waals surface area contributed by atoms with Crippen molar-refractivity contribution in [2.24, 2.45) is 11.7 Å². The molecule has 1 aliphatic carbocycles. The number of anilines is 1. The highest BCUT2D eigenvalue weighted by molar-refractivity contribution is 5.98. The Morgan fingerprint density at radius 3 is 2.50 bits per heavy atom. The van der Waals surface area contributed by atoms with Gasteiger partial charge >= 0.3 is 0 Å². The SMILES string of the molecule is Cc1ccc(NC(=O)C2CCC(N)C2)cc1C(=O)N(C)C.Cl. The van der Waals surface area contributed by atoms with Gasteiger partial charge in [-0.1, -0.05) is 6.07 Å². The van der Waals surface area contributed by atoms with Crippen LogP contribution in [0.2, 0.25) is 0 Å². The Kier molecular flexibility index (Phi) is 6.38. The van der Waals surface area contributed by atoms with E-state index in [9.17, 15) is 9.59 Å². The average molecular weight is 326 g/mol. The number of halogens is 1. The second kappa shape index (κ2) is 7.61. The van der Waals surface area contributed by atoms with Gasteiger partial charge in [-0.15, -0.1) is 12.4 Å². The first-order chi connectivity index (χ1) is 9.88. The molecule has 6 heteroatoms. The summed E-state index contributed by atoms with van der Waals surface area (Å²) in [6.07, 6.45) is 2.47. The molecule has 2 unspecified atom stereocenters. The van der Waals surface area contributed by atoms with Crippen LogP contribution in [-0.2, 0) is 4.79 Å². The first kappa shape index (κ1) is 18.5. The molecule has 1 saturated carbocycles. The fourth-order valence-electron chi connectivity index (χ4n) is 2.67. The molecule has 1 aromatic rings. The summed E-state index contributed by atoms with van der Waals surface area (Å²) in [6.45, 7) is 1.89. The molecule has 0 aromatic heterocycles. The summed E-state index contributed by atoms with van der Waals surface area (Å²) in [7, 11) is 3.43. The molecule has 0 heterocycles. The van der Waals surface area contributed by atoms with Crippen LogP contribution in [-0.4, -0.2) is 36.9 Å². The van der Waals surface area contributed by atoms with Crippen molar-refractivity contribution in [2.45, 2.75) is 32.2 Å². The molecular weight excluding hydrogens is 302 g/mol. The van der Waals surface area contributed by atoms with Crippen LogP contribution >= 0.6 is 12.4 Å². The van der Waals surface area contributed by atoms with Crippen LogP contribution in [0.15, 0.2) is 18.2 Å². The molecule has 1 fully saturated rings. The van der Waals surface area contributed by atoms with Gasteiger partial charge in [-0.2, -0.15) is 0 Å². The van der Waals surface area contributed by atoms with Gasteiger partial charge in [0.1, 0.15) is 0 Å². The van der Waals surface area contributed by atoms with E-state index in [0.717, 1.165) is 24.8 Å². The number of carbonyl (C=O) groups excluding carboxylic acids is 2. The monoisotopic (exact) mass is 325 g/mol. The van der Waals surface area contributed by atoms with Crippen molar-refractivity contribution in [3.63, 3.8) is 0 Å². The predicted molar refractivity (Wildman–Crippen MR) is 90.4 cm³/mol. The summed E-state index contributed by atoms with van der Waals surface area (Å²) < 4.78 is 0. The highest BCUT2D eigenvalue weighted by atomic mass is 35.5. The molecule has 3 N–H and O–H groups in total. The Balaban J connectivity index is 0.00000242. The summed E-state index contributed by atoms with van der Waals surface area (Å²) in [6, 6.07) is 5.55. The van der Waals surface area contributed by atoms with E-state index in [1.807, 2.05) is 19.1 Å². The van der Waals surface area contributed by atoms with Crippen LogP contribution in [0.3, 0.4) is 0 Å². The number of hydrogen-bond acceptors (Lipinski definition) is 3. The summed E-state index contributed by atoms with van der Waals surface area (Å²) in [5, 5.41) is 2.90. The normalized spacial score (nSPS) is 20.2. The van der Waals surface area contributed by atoms with Crippen LogP contribution in [0, 0.1) is 12.8 Å². The zero-order chi connectivity index (χ0) is 15.6. The second-order valence-electron chi connectivity index (χ2n) is 5.99. The molecule has 0 bridgehead atoms. The number of nitrogens with two attached hydrogens (primary N) is 1. The van der Waals surface area contributed by atoms with E-state index in [2.05, 4.69) is 5.32 Å². The lowest BCUT2D eigenvalue weighted by molar-refractivity contribution is -0.119. The minimum absolute atomic E-state index is 0. The predicted octanol–water partition coefficient (Wildman–Crippen LogP) is 2.18. The van der Waals surface area contributed by atoms with E-state index >= 15 is 0 Å². The number of amides is 2. The van der Waals surface area contributed by atoms with Crippen molar-refractivity contribution < 1.29 is 9.59 Å². The van der Waals surface area contributed by atoms with E-state index in [-0.39, 0.29) is 36.2 Å². The number of aryl methyl sites for hydroxylation is 1. The van der Waals surface area contributed by atoms with E-state index in [1.54, 1.807) is 20.2 Å². The van der Waals surface area contributed by atoms with Crippen molar-refractivity contribution in [3.05, 3.63) is 29.3 Å². The molecule has 2 atom stereocenters. The third-order valence-corrected chi connectivity index (χ3v) is 3.99. The van der Waals surface area contributed by atoms with Crippen LogP contribution in [0.5, 0.6) is 0 Å². The molecular formula is C16H24ClN3O2. The van der Waals surface area contributed by atoms with Crippen LogP contribution in [0.4, 0.5) is 5.69 Å². The molecule has 0 saturated heterocycles. The van der Waals surface area contributed by atoms with Gasteiger partial charge < -0.3 is 16.0 Å². The van der Waals surface area contributed by atoms with Crippen molar-refractivity contribution in [3.8, 4) is 0 Å².